The zero-order valence-corrected chi connectivity index (χ0v) is 12.0. The van der Waals surface area contributed by atoms with Gasteiger partial charge in [0.1, 0.15) is 0 Å². The highest BCUT2D eigenvalue weighted by Crippen LogP contribution is 2.28. The van der Waals surface area contributed by atoms with E-state index in [9.17, 15) is 9.90 Å². The molecule has 2 N–H and O–H groups in total. The van der Waals surface area contributed by atoms with Crippen LogP contribution in [0.3, 0.4) is 0 Å². The monoisotopic (exact) mass is 323 g/mol. The number of nitrogens with one attached hydrogen (secondary N) is 1. The van der Waals surface area contributed by atoms with Crippen LogP contribution in [0.15, 0.2) is 34.8 Å². The Bertz CT molecular complexity index is 517. The summed E-state index contributed by atoms with van der Waals surface area (Å²) in [4.78, 5) is 12.0. The van der Waals surface area contributed by atoms with Gasteiger partial charge >= 0.3 is 0 Å². The minimum atomic E-state index is -0.593. The first-order chi connectivity index (χ1) is 9.10. The van der Waals surface area contributed by atoms with Crippen LogP contribution >= 0.6 is 15.9 Å². The maximum Gasteiger partial charge on any atom is 0.209 e. The molecule has 1 atom stereocenters. The van der Waals surface area contributed by atoms with Crippen LogP contribution in [0.4, 0.5) is 5.69 Å². The van der Waals surface area contributed by atoms with Gasteiger partial charge in [0.15, 0.2) is 0 Å². The number of aliphatic hydroxyl groups is 1. The molecule has 0 aliphatic carbocycles. The van der Waals surface area contributed by atoms with Crippen molar-refractivity contribution >= 4 is 27.5 Å². The van der Waals surface area contributed by atoms with Crippen LogP contribution < -0.4 is 5.32 Å². The molecule has 6 heteroatoms. The molecule has 1 aliphatic heterocycles. The summed E-state index contributed by atoms with van der Waals surface area (Å²) in [7, 11) is 1.53. The van der Waals surface area contributed by atoms with E-state index in [4.69, 9.17) is 0 Å². The molecule has 0 radical (unpaired) electrons. The molecule has 102 valence electrons. The van der Waals surface area contributed by atoms with E-state index in [1.54, 1.807) is 0 Å². The van der Waals surface area contributed by atoms with Crippen molar-refractivity contribution in [1.82, 2.24) is 0 Å². The molecule has 1 aromatic carbocycles. The van der Waals surface area contributed by atoms with Crippen LogP contribution in [0.1, 0.15) is 12.0 Å². The third-order valence-corrected chi connectivity index (χ3v) is 3.34. The number of carbonyl (C=O) groups is 1. The number of anilines is 1. The Hall–Kier alpha value is -1.69. The fourth-order valence-corrected chi connectivity index (χ4v) is 2.37. The number of fused-ring (bicyclic) bond motifs is 1. The van der Waals surface area contributed by atoms with Gasteiger partial charge in [0, 0.05) is 10.2 Å². The van der Waals surface area contributed by atoms with Gasteiger partial charge in [-0.1, -0.05) is 22.4 Å². The second kappa shape index (κ2) is 5.97. The topological polar surface area (TPSA) is 77.5 Å². The lowest BCUT2D eigenvalue weighted by Gasteiger charge is -2.31. The van der Waals surface area contributed by atoms with Crippen LogP contribution in [0, 0.1) is 0 Å². The van der Waals surface area contributed by atoms with Crippen LogP contribution in [0.2, 0.25) is 0 Å². The van der Waals surface area contributed by atoms with E-state index < -0.39 is 6.04 Å². The maximum atomic E-state index is 12.0. The Morgan fingerprint density at radius 2 is 2.37 bits per heavy atom. The Morgan fingerprint density at radius 1 is 1.58 bits per heavy atom. The van der Waals surface area contributed by atoms with Crippen molar-refractivity contribution in [3.8, 4) is 0 Å². The average Bonchev–Trinajstić information content (AvgIpc) is 2.50. The van der Waals surface area contributed by atoms with Gasteiger partial charge in [0.25, 0.3) is 0 Å². The molecule has 2 rings (SSSR count). The lowest BCUT2D eigenvalue weighted by molar-refractivity contribution is -0.116. The molecule has 0 aromatic heterocycles. The summed E-state index contributed by atoms with van der Waals surface area (Å²) in [6, 6.07) is 5.12. The van der Waals surface area contributed by atoms with E-state index >= 15 is 0 Å². The molecule has 1 unspecified atom stereocenters. The maximum absolute atomic E-state index is 12.0. The third kappa shape index (κ3) is 3.41. The summed E-state index contributed by atoms with van der Waals surface area (Å²) in [5, 5.41) is 19.9. The highest BCUT2D eigenvalue weighted by atomic mass is 79.9. The normalized spacial score (nSPS) is 19.2. The lowest BCUT2D eigenvalue weighted by atomic mass is 10.1. The smallest absolute Gasteiger partial charge is 0.209 e. The zero-order valence-electron chi connectivity index (χ0n) is 10.4. The van der Waals surface area contributed by atoms with E-state index in [0.717, 1.165) is 22.1 Å². The predicted molar refractivity (Wildman–Crippen MR) is 78.2 cm³/mol. The minimum absolute atomic E-state index is 0.211. The number of benzene rings is 1. The second-order valence-electron chi connectivity index (χ2n) is 4.22. The highest BCUT2D eigenvalue weighted by Gasteiger charge is 2.17. The van der Waals surface area contributed by atoms with Crippen LogP contribution in [-0.2, 0) is 11.2 Å². The Kier molecular flexibility index (Phi) is 4.31. The van der Waals surface area contributed by atoms with Gasteiger partial charge in [-0.25, -0.2) is 0 Å². The summed E-state index contributed by atoms with van der Waals surface area (Å²) in [5.74, 6) is -0.438. The van der Waals surface area contributed by atoms with Crippen molar-refractivity contribution in [3.63, 3.8) is 0 Å². The number of hydrogen-bond acceptors (Lipinski definition) is 2. The number of rotatable bonds is 3. The number of aryl methyl sites for hydroxylation is 1. The van der Waals surface area contributed by atoms with Crippen molar-refractivity contribution in [2.75, 3.05) is 12.4 Å². The van der Waals surface area contributed by atoms with Gasteiger partial charge in [-0.2, -0.15) is 6.20 Å². The Labute approximate surface area is 120 Å². The number of halogens is 1. The van der Waals surface area contributed by atoms with Gasteiger partial charge in [-0.3, -0.25) is 4.79 Å². The van der Waals surface area contributed by atoms with Crippen molar-refractivity contribution in [2.45, 2.75) is 18.9 Å². The van der Waals surface area contributed by atoms with Crippen LogP contribution in [0.5, 0.6) is 0 Å². The molecule has 0 fully saturated rings. The zero-order chi connectivity index (χ0) is 13.8. The summed E-state index contributed by atoms with van der Waals surface area (Å²) >= 11 is 3.41. The highest BCUT2D eigenvalue weighted by molar-refractivity contribution is 9.10. The van der Waals surface area contributed by atoms with Gasteiger partial charge < -0.3 is 21.1 Å². The standard InChI is InChI=1S/C13H14BrN3O2/c1-15-7-12(18)16-11-4-2-8-6-9(14)3-5-10(8)17-13(11)19/h3,5-7,11,18H,2,4H2,1H3,(H,17,19)/q-2. The van der Waals surface area contributed by atoms with E-state index in [1.165, 1.54) is 13.2 Å². The number of nitrogens with zero attached hydrogens (tertiary/aromatic N) is 2. The van der Waals surface area contributed by atoms with E-state index in [2.05, 4.69) is 31.9 Å². The van der Waals surface area contributed by atoms with E-state index in [-0.39, 0.29) is 11.8 Å². The number of hydrogen-bond donors (Lipinski definition) is 2. The lowest BCUT2D eigenvalue weighted by Crippen LogP contribution is -2.25. The van der Waals surface area contributed by atoms with Crippen LogP contribution in [0.25, 0.3) is 10.6 Å². The molecular weight excluding hydrogens is 310 g/mol. The second-order valence-corrected chi connectivity index (χ2v) is 5.14. The Balaban J connectivity index is 2.13. The SMILES string of the molecule is C[N-]C=C(O)[N-]C1CCc2cc(Br)ccc2NC1=O. The van der Waals surface area contributed by atoms with E-state index in [0.29, 0.717) is 6.42 Å². The molecule has 0 saturated carbocycles. The first-order valence-corrected chi connectivity index (χ1v) is 6.67. The summed E-state index contributed by atoms with van der Waals surface area (Å²) < 4.78 is 0.975. The number of amides is 1. The predicted octanol–water partition coefficient (Wildman–Crippen LogP) is 3.44. The third-order valence-electron chi connectivity index (χ3n) is 2.85. The van der Waals surface area contributed by atoms with Crippen LogP contribution in [-0.4, -0.2) is 24.1 Å². The van der Waals surface area contributed by atoms with Crippen molar-refractivity contribution < 1.29 is 9.90 Å². The quantitative estimate of drug-likeness (QED) is 0.836. The largest absolute Gasteiger partial charge is 0.692 e. The average molecular weight is 324 g/mol. The molecule has 0 spiro atoms. The van der Waals surface area contributed by atoms with Crippen molar-refractivity contribution in [2.24, 2.45) is 0 Å². The molecule has 1 aromatic rings. The molecule has 1 amide bonds. The molecule has 1 aliphatic rings. The number of aliphatic hydroxyl groups excluding tert-OH is 1. The first kappa shape index (κ1) is 13.7. The summed E-state index contributed by atoms with van der Waals surface area (Å²) in [5.41, 5.74) is 1.86. The van der Waals surface area contributed by atoms with Crippen molar-refractivity contribution in [1.29, 1.82) is 0 Å². The van der Waals surface area contributed by atoms with E-state index in [1.807, 2.05) is 18.2 Å². The summed E-state index contributed by atoms with van der Waals surface area (Å²) in [6.07, 6.45) is 2.50. The van der Waals surface area contributed by atoms with Crippen molar-refractivity contribution in [3.05, 3.63) is 51.0 Å². The number of carbonyl (C=O) groups excluding carboxylic acids is 1. The fraction of sp³-hybridized carbons (Fsp3) is 0.308. The minimum Gasteiger partial charge on any atom is -0.692 e. The van der Waals surface area contributed by atoms with Gasteiger partial charge in [0.05, 0.1) is 0 Å². The molecule has 0 saturated heterocycles. The molecular formula is C13H14BrN3O2-2. The van der Waals surface area contributed by atoms with Gasteiger partial charge in [0.2, 0.25) is 5.91 Å². The first-order valence-electron chi connectivity index (χ1n) is 5.88. The molecule has 19 heavy (non-hydrogen) atoms. The molecule has 0 bridgehead atoms. The molecule has 1 heterocycles. The Morgan fingerprint density at radius 3 is 3.11 bits per heavy atom. The summed E-state index contributed by atoms with van der Waals surface area (Å²) in [6.45, 7) is 0. The fourth-order valence-electron chi connectivity index (χ4n) is 1.96. The molecule has 5 nitrogen and oxygen atoms in total. The van der Waals surface area contributed by atoms with Gasteiger partial charge in [-0.15, -0.1) is 7.05 Å². The van der Waals surface area contributed by atoms with Gasteiger partial charge in [-0.05, 0) is 42.1 Å².